The number of carbonyl (C=O) groups excluding carboxylic acids is 2. The highest BCUT2D eigenvalue weighted by molar-refractivity contribution is 7.98. The van der Waals surface area contributed by atoms with E-state index in [-0.39, 0.29) is 11.8 Å². The molecule has 108 valence electrons. The molecule has 1 aliphatic heterocycles. The monoisotopic (exact) mass is 294 g/mol. The summed E-state index contributed by atoms with van der Waals surface area (Å²) in [5.74, 6) is -0.300. The summed E-state index contributed by atoms with van der Waals surface area (Å²) in [6, 6.07) is 3.22. The van der Waals surface area contributed by atoms with Gasteiger partial charge in [-0.2, -0.15) is 0 Å². The van der Waals surface area contributed by atoms with Crippen molar-refractivity contribution >= 4 is 29.4 Å². The highest BCUT2D eigenvalue weighted by Gasteiger charge is 2.27. The molecular weight excluding hydrogens is 276 g/mol. The molecule has 20 heavy (non-hydrogen) atoms. The number of primary amides is 1. The van der Waals surface area contributed by atoms with Crippen LogP contribution >= 0.6 is 11.8 Å². The van der Waals surface area contributed by atoms with Crippen molar-refractivity contribution in [3.8, 4) is 0 Å². The Morgan fingerprint density at radius 2 is 2.30 bits per heavy atom. The normalized spacial score (nSPS) is 18.6. The number of amides is 3. The number of urea groups is 1. The first-order valence-electron chi connectivity index (χ1n) is 6.45. The molecular formula is C13H18N4O2S. The van der Waals surface area contributed by atoms with Gasteiger partial charge in [0, 0.05) is 13.1 Å². The Labute approximate surface area is 122 Å². The van der Waals surface area contributed by atoms with E-state index in [1.54, 1.807) is 18.0 Å². The lowest BCUT2D eigenvalue weighted by Gasteiger charge is -2.30. The first-order chi connectivity index (χ1) is 9.60. The summed E-state index contributed by atoms with van der Waals surface area (Å²) >= 11 is 1.55. The van der Waals surface area contributed by atoms with Gasteiger partial charge in [-0.15, -0.1) is 11.8 Å². The number of hydrogen-bond donors (Lipinski definition) is 2. The minimum Gasteiger partial charge on any atom is -0.351 e. The largest absolute Gasteiger partial charge is 0.351 e. The number of thioether (sulfide) groups is 1. The predicted molar refractivity (Wildman–Crippen MR) is 78.5 cm³/mol. The van der Waals surface area contributed by atoms with E-state index in [9.17, 15) is 9.59 Å². The molecule has 0 saturated carbocycles. The molecule has 1 fully saturated rings. The molecule has 1 aromatic heterocycles. The maximum absolute atomic E-state index is 12.2. The van der Waals surface area contributed by atoms with Crippen LogP contribution in [0.2, 0.25) is 0 Å². The summed E-state index contributed by atoms with van der Waals surface area (Å²) in [5.41, 5.74) is 5.93. The third-order valence-corrected chi connectivity index (χ3v) is 3.98. The van der Waals surface area contributed by atoms with Gasteiger partial charge in [0.25, 0.3) is 0 Å². The van der Waals surface area contributed by atoms with Gasteiger partial charge in [0.05, 0.1) is 22.8 Å². The first kappa shape index (κ1) is 14.6. The molecule has 0 aromatic carbocycles. The zero-order chi connectivity index (χ0) is 14.5. The minimum atomic E-state index is -0.464. The van der Waals surface area contributed by atoms with Gasteiger partial charge in [-0.05, 0) is 31.2 Å². The molecule has 2 rings (SSSR count). The van der Waals surface area contributed by atoms with Crippen molar-refractivity contribution in [2.75, 3.05) is 24.7 Å². The number of rotatable bonds is 3. The lowest BCUT2D eigenvalue weighted by Crippen LogP contribution is -2.46. The highest BCUT2D eigenvalue weighted by atomic mass is 32.2. The van der Waals surface area contributed by atoms with E-state index in [1.165, 1.54) is 4.90 Å². The highest BCUT2D eigenvalue weighted by Crippen LogP contribution is 2.19. The van der Waals surface area contributed by atoms with Crippen LogP contribution in [0.4, 0.5) is 10.5 Å². The minimum absolute atomic E-state index is 0.0883. The van der Waals surface area contributed by atoms with E-state index >= 15 is 0 Å². The van der Waals surface area contributed by atoms with E-state index < -0.39 is 6.03 Å². The second-order valence-corrected chi connectivity index (χ2v) is 5.53. The third kappa shape index (κ3) is 3.63. The molecule has 0 aliphatic carbocycles. The summed E-state index contributed by atoms with van der Waals surface area (Å²) in [4.78, 5) is 29.0. The summed E-state index contributed by atoms with van der Waals surface area (Å²) in [7, 11) is 0. The average Bonchev–Trinajstić information content (AvgIpc) is 2.48. The Hall–Kier alpha value is -1.76. The summed E-state index contributed by atoms with van der Waals surface area (Å²) in [6.07, 6.45) is 5.15. The molecule has 1 aromatic rings. The molecule has 0 spiro atoms. The molecule has 1 aliphatic rings. The zero-order valence-electron chi connectivity index (χ0n) is 11.3. The fourth-order valence-corrected chi connectivity index (χ4v) is 2.57. The second-order valence-electron chi connectivity index (χ2n) is 4.70. The van der Waals surface area contributed by atoms with Crippen molar-refractivity contribution in [2.24, 2.45) is 11.7 Å². The van der Waals surface area contributed by atoms with Crippen LogP contribution in [-0.2, 0) is 4.79 Å². The third-order valence-electron chi connectivity index (χ3n) is 3.32. The van der Waals surface area contributed by atoms with Crippen molar-refractivity contribution < 1.29 is 9.59 Å². The van der Waals surface area contributed by atoms with Crippen LogP contribution in [0.25, 0.3) is 0 Å². The Kier molecular flexibility index (Phi) is 4.84. The number of nitrogens with zero attached hydrogens (tertiary/aromatic N) is 2. The van der Waals surface area contributed by atoms with Gasteiger partial charge in [-0.3, -0.25) is 4.79 Å². The van der Waals surface area contributed by atoms with E-state index in [0.717, 1.165) is 17.9 Å². The number of pyridine rings is 1. The summed E-state index contributed by atoms with van der Waals surface area (Å²) < 4.78 is 0. The molecule has 7 heteroatoms. The van der Waals surface area contributed by atoms with Crippen molar-refractivity contribution in [1.82, 2.24) is 9.88 Å². The first-order valence-corrected chi connectivity index (χ1v) is 7.68. The molecule has 6 nitrogen and oxygen atoms in total. The van der Waals surface area contributed by atoms with Crippen LogP contribution in [-0.4, -0.2) is 41.2 Å². The Bertz CT molecular complexity index is 492. The molecule has 2 heterocycles. The van der Waals surface area contributed by atoms with E-state index in [4.69, 9.17) is 5.73 Å². The average molecular weight is 294 g/mol. The molecule has 1 saturated heterocycles. The Balaban J connectivity index is 1.95. The van der Waals surface area contributed by atoms with Gasteiger partial charge in [0.2, 0.25) is 5.91 Å². The lowest BCUT2D eigenvalue weighted by molar-refractivity contribution is -0.121. The van der Waals surface area contributed by atoms with Crippen LogP contribution in [0.15, 0.2) is 23.4 Å². The SMILES string of the molecule is CSc1ccc(NC(=O)[C@H]2CCCN(C(N)=O)C2)cn1. The van der Waals surface area contributed by atoms with Crippen molar-refractivity contribution in [3.63, 3.8) is 0 Å². The number of piperidine rings is 1. The number of hydrogen-bond acceptors (Lipinski definition) is 4. The Morgan fingerprint density at radius 1 is 1.50 bits per heavy atom. The fourth-order valence-electron chi connectivity index (χ4n) is 2.21. The van der Waals surface area contributed by atoms with Gasteiger partial charge in [0.15, 0.2) is 0 Å². The molecule has 0 radical (unpaired) electrons. The number of carbonyl (C=O) groups is 2. The van der Waals surface area contributed by atoms with Crippen LogP contribution in [0, 0.1) is 5.92 Å². The van der Waals surface area contributed by atoms with E-state index in [0.29, 0.717) is 18.8 Å². The van der Waals surface area contributed by atoms with Crippen LogP contribution in [0.1, 0.15) is 12.8 Å². The predicted octanol–water partition coefficient (Wildman–Crippen LogP) is 1.53. The number of nitrogens with two attached hydrogens (primary N) is 1. The number of anilines is 1. The standard InChI is InChI=1S/C13H18N4O2S/c1-20-11-5-4-10(7-15-11)16-12(18)9-3-2-6-17(8-9)13(14)19/h4-5,7,9H,2-3,6,8H2,1H3,(H2,14,19)(H,16,18)/t9-/m0/s1. The van der Waals surface area contributed by atoms with Crippen LogP contribution < -0.4 is 11.1 Å². The van der Waals surface area contributed by atoms with Crippen LogP contribution in [0.5, 0.6) is 0 Å². The van der Waals surface area contributed by atoms with Gasteiger partial charge in [0.1, 0.15) is 0 Å². The van der Waals surface area contributed by atoms with Gasteiger partial charge in [-0.25, -0.2) is 9.78 Å². The molecule has 0 bridgehead atoms. The maximum atomic E-state index is 12.2. The van der Waals surface area contributed by atoms with Gasteiger partial charge >= 0.3 is 6.03 Å². The molecule has 0 unspecified atom stereocenters. The van der Waals surface area contributed by atoms with Crippen LogP contribution in [0.3, 0.4) is 0 Å². The topological polar surface area (TPSA) is 88.3 Å². The van der Waals surface area contributed by atoms with Gasteiger partial charge < -0.3 is 16.0 Å². The lowest BCUT2D eigenvalue weighted by atomic mass is 9.97. The van der Waals surface area contributed by atoms with Crippen molar-refractivity contribution in [3.05, 3.63) is 18.3 Å². The number of nitrogens with one attached hydrogen (secondary N) is 1. The zero-order valence-corrected chi connectivity index (χ0v) is 12.2. The molecule has 3 N–H and O–H groups in total. The summed E-state index contributed by atoms with van der Waals surface area (Å²) in [5, 5.41) is 3.74. The fraction of sp³-hybridized carbons (Fsp3) is 0.462. The molecule has 3 amide bonds. The molecule has 1 atom stereocenters. The van der Waals surface area contributed by atoms with E-state index in [2.05, 4.69) is 10.3 Å². The number of aromatic nitrogens is 1. The quantitative estimate of drug-likeness (QED) is 0.828. The Morgan fingerprint density at radius 3 is 2.90 bits per heavy atom. The van der Waals surface area contributed by atoms with Gasteiger partial charge in [-0.1, -0.05) is 0 Å². The van der Waals surface area contributed by atoms with Crippen molar-refractivity contribution in [1.29, 1.82) is 0 Å². The summed E-state index contributed by atoms with van der Waals surface area (Å²) in [6.45, 7) is 1.01. The smallest absolute Gasteiger partial charge is 0.314 e. The van der Waals surface area contributed by atoms with Crippen molar-refractivity contribution in [2.45, 2.75) is 17.9 Å². The maximum Gasteiger partial charge on any atom is 0.314 e. The van der Waals surface area contributed by atoms with E-state index in [1.807, 2.05) is 18.4 Å². The second kappa shape index (κ2) is 6.60. The number of likely N-dealkylation sites (tertiary alicyclic amines) is 1.